The fourth-order valence-corrected chi connectivity index (χ4v) is 3.08. The molecule has 15 heavy (non-hydrogen) atoms. The van der Waals surface area contributed by atoms with Gasteiger partial charge in [0, 0.05) is 12.6 Å². The molecule has 0 aromatic carbocycles. The number of nitrogens with one attached hydrogen (secondary N) is 1. The van der Waals surface area contributed by atoms with E-state index in [0.717, 1.165) is 31.9 Å². The van der Waals surface area contributed by atoms with Gasteiger partial charge in [0.05, 0.1) is 12.2 Å². The van der Waals surface area contributed by atoms with E-state index in [1.165, 1.54) is 25.7 Å². The number of hydrogen-bond acceptors (Lipinski definition) is 2. The Balaban J connectivity index is 1.97. The van der Waals surface area contributed by atoms with E-state index >= 15 is 0 Å². The highest BCUT2D eigenvalue weighted by Crippen LogP contribution is 2.37. The van der Waals surface area contributed by atoms with E-state index in [0.29, 0.717) is 6.04 Å². The van der Waals surface area contributed by atoms with Gasteiger partial charge < -0.3 is 10.1 Å². The fraction of sp³-hybridized carbons (Fsp3) is 1.00. The Morgan fingerprint density at radius 2 is 2.00 bits per heavy atom. The second kappa shape index (κ2) is 4.84. The van der Waals surface area contributed by atoms with Gasteiger partial charge in [-0.05, 0) is 25.2 Å². The molecule has 0 bridgehead atoms. The molecule has 0 radical (unpaired) electrons. The van der Waals surface area contributed by atoms with Gasteiger partial charge in [-0.1, -0.05) is 33.1 Å². The Hall–Kier alpha value is -0.0800. The first-order chi connectivity index (χ1) is 7.30. The zero-order valence-corrected chi connectivity index (χ0v) is 10.2. The Morgan fingerprint density at radius 1 is 1.27 bits per heavy atom. The largest absolute Gasteiger partial charge is 0.372 e. The normalized spacial score (nSPS) is 31.2. The molecule has 0 aromatic heterocycles. The maximum Gasteiger partial charge on any atom is 0.0830 e. The Bertz CT molecular complexity index is 197. The quantitative estimate of drug-likeness (QED) is 0.772. The van der Waals surface area contributed by atoms with Crippen molar-refractivity contribution in [3.05, 3.63) is 0 Å². The topological polar surface area (TPSA) is 21.3 Å². The minimum absolute atomic E-state index is 0.133. The molecule has 1 atom stereocenters. The van der Waals surface area contributed by atoms with Crippen LogP contribution in [0.1, 0.15) is 52.4 Å². The molecule has 1 saturated carbocycles. The molecule has 2 fully saturated rings. The third kappa shape index (κ3) is 2.21. The summed E-state index contributed by atoms with van der Waals surface area (Å²) in [5, 5.41) is 3.69. The molecule has 2 nitrogen and oxygen atoms in total. The average molecular weight is 211 g/mol. The fourth-order valence-electron chi connectivity index (χ4n) is 3.08. The highest BCUT2D eigenvalue weighted by Gasteiger charge is 2.40. The van der Waals surface area contributed by atoms with Gasteiger partial charge in [0.1, 0.15) is 0 Å². The summed E-state index contributed by atoms with van der Waals surface area (Å²) in [7, 11) is 0. The zero-order valence-electron chi connectivity index (χ0n) is 10.2. The van der Waals surface area contributed by atoms with Gasteiger partial charge in [-0.25, -0.2) is 0 Å². The molecule has 0 spiro atoms. The molecule has 1 aliphatic heterocycles. The van der Waals surface area contributed by atoms with Crippen molar-refractivity contribution in [3.8, 4) is 0 Å². The van der Waals surface area contributed by atoms with E-state index in [4.69, 9.17) is 4.74 Å². The van der Waals surface area contributed by atoms with E-state index in [1.807, 2.05) is 0 Å². The molecule has 1 aliphatic carbocycles. The van der Waals surface area contributed by atoms with Crippen molar-refractivity contribution in [2.45, 2.75) is 64.0 Å². The van der Waals surface area contributed by atoms with E-state index < -0.39 is 0 Å². The summed E-state index contributed by atoms with van der Waals surface area (Å²) >= 11 is 0. The van der Waals surface area contributed by atoms with E-state index in [9.17, 15) is 0 Å². The first-order valence-corrected chi connectivity index (χ1v) is 6.68. The van der Waals surface area contributed by atoms with Gasteiger partial charge >= 0.3 is 0 Å². The minimum atomic E-state index is 0.133. The van der Waals surface area contributed by atoms with Gasteiger partial charge in [-0.3, -0.25) is 0 Å². The zero-order chi connectivity index (χ0) is 10.7. The molecule has 0 aromatic rings. The summed E-state index contributed by atoms with van der Waals surface area (Å²) in [6, 6.07) is 0.603. The van der Waals surface area contributed by atoms with Crippen LogP contribution in [0.3, 0.4) is 0 Å². The molecule has 0 amide bonds. The summed E-state index contributed by atoms with van der Waals surface area (Å²) in [6.07, 6.45) is 7.97. The van der Waals surface area contributed by atoms with Crippen LogP contribution in [0.2, 0.25) is 0 Å². The lowest BCUT2D eigenvalue weighted by atomic mass is 9.75. The van der Waals surface area contributed by atoms with Gasteiger partial charge in [0.25, 0.3) is 0 Å². The van der Waals surface area contributed by atoms with Crippen molar-refractivity contribution >= 4 is 0 Å². The maximum atomic E-state index is 6.08. The monoisotopic (exact) mass is 211 g/mol. The predicted octanol–water partition coefficient (Wildman–Crippen LogP) is 2.72. The summed E-state index contributed by atoms with van der Waals surface area (Å²) < 4.78 is 6.08. The van der Waals surface area contributed by atoms with Crippen LogP contribution in [0.25, 0.3) is 0 Å². The first kappa shape index (κ1) is 11.4. The smallest absolute Gasteiger partial charge is 0.0830 e. The lowest BCUT2D eigenvalue weighted by Crippen LogP contribution is -2.58. The van der Waals surface area contributed by atoms with Gasteiger partial charge in [0.15, 0.2) is 0 Å². The number of rotatable bonds is 4. The number of morpholine rings is 1. The number of ether oxygens (including phenoxy) is 1. The second-order valence-electron chi connectivity index (χ2n) is 5.16. The Labute approximate surface area is 93.8 Å². The molecular formula is C13H25NO. The SMILES string of the molecule is CCC1(CC)OCCNC1CC1CCC1. The summed E-state index contributed by atoms with van der Waals surface area (Å²) in [4.78, 5) is 0. The van der Waals surface area contributed by atoms with Crippen LogP contribution >= 0.6 is 0 Å². The number of hydrogen-bond donors (Lipinski definition) is 1. The standard InChI is InChI=1S/C13H25NO/c1-3-13(4-2)12(14-8-9-15-13)10-11-6-5-7-11/h11-12,14H,3-10H2,1-2H3. The lowest BCUT2D eigenvalue weighted by molar-refractivity contribution is -0.108. The van der Waals surface area contributed by atoms with E-state index in [-0.39, 0.29) is 5.60 Å². The molecule has 1 heterocycles. The van der Waals surface area contributed by atoms with Crippen LogP contribution < -0.4 is 5.32 Å². The summed E-state index contributed by atoms with van der Waals surface area (Å²) in [6.45, 7) is 6.47. The molecule has 1 saturated heterocycles. The average Bonchev–Trinajstić information content (AvgIpc) is 2.24. The van der Waals surface area contributed by atoms with Crippen molar-refractivity contribution in [1.82, 2.24) is 5.32 Å². The van der Waals surface area contributed by atoms with Crippen LogP contribution in [0.15, 0.2) is 0 Å². The van der Waals surface area contributed by atoms with Crippen molar-refractivity contribution in [2.24, 2.45) is 5.92 Å². The van der Waals surface area contributed by atoms with Crippen LogP contribution in [0.5, 0.6) is 0 Å². The van der Waals surface area contributed by atoms with Crippen LogP contribution in [0, 0.1) is 5.92 Å². The van der Waals surface area contributed by atoms with Crippen LogP contribution in [-0.2, 0) is 4.74 Å². The van der Waals surface area contributed by atoms with Crippen molar-refractivity contribution < 1.29 is 4.74 Å². The third-order valence-electron chi connectivity index (χ3n) is 4.51. The van der Waals surface area contributed by atoms with Crippen molar-refractivity contribution in [1.29, 1.82) is 0 Å². The molecule has 1 N–H and O–H groups in total. The summed E-state index contributed by atoms with van der Waals surface area (Å²) in [5.74, 6) is 0.974. The highest BCUT2D eigenvalue weighted by molar-refractivity contribution is 4.96. The van der Waals surface area contributed by atoms with Crippen LogP contribution in [-0.4, -0.2) is 24.8 Å². The van der Waals surface area contributed by atoms with Crippen molar-refractivity contribution in [2.75, 3.05) is 13.2 Å². The highest BCUT2D eigenvalue weighted by atomic mass is 16.5. The van der Waals surface area contributed by atoms with Gasteiger partial charge in [0.2, 0.25) is 0 Å². The molecule has 88 valence electrons. The van der Waals surface area contributed by atoms with Crippen molar-refractivity contribution in [3.63, 3.8) is 0 Å². The molecule has 1 unspecified atom stereocenters. The third-order valence-corrected chi connectivity index (χ3v) is 4.51. The Kier molecular flexibility index (Phi) is 3.68. The van der Waals surface area contributed by atoms with E-state index in [2.05, 4.69) is 19.2 Å². The van der Waals surface area contributed by atoms with Gasteiger partial charge in [-0.15, -0.1) is 0 Å². The van der Waals surface area contributed by atoms with E-state index in [1.54, 1.807) is 0 Å². The van der Waals surface area contributed by atoms with Crippen LogP contribution in [0.4, 0.5) is 0 Å². The van der Waals surface area contributed by atoms with Gasteiger partial charge in [-0.2, -0.15) is 0 Å². The minimum Gasteiger partial charge on any atom is -0.372 e. The molecule has 2 heteroatoms. The maximum absolute atomic E-state index is 6.08. The molecule has 2 rings (SSSR count). The molecular weight excluding hydrogens is 186 g/mol. The lowest BCUT2D eigenvalue weighted by Gasteiger charge is -2.46. The first-order valence-electron chi connectivity index (χ1n) is 6.68. The Morgan fingerprint density at radius 3 is 2.53 bits per heavy atom. The second-order valence-corrected chi connectivity index (χ2v) is 5.16. The molecule has 2 aliphatic rings. The summed E-state index contributed by atoms with van der Waals surface area (Å²) in [5.41, 5.74) is 0.133. The predicted molar refractivity (Wildman–Crippen MR) is 63.0 cm³/mol.